The second kappa shape index (κ2) is 26.7. The molecule has 0 aliphatic carbocycles. The van der Waals surface area contributed by atoms with Crippen molar-refractivity contribution >= 4 is 68.3 Å². The van der Waals surface area contributed by atoms with Crippen molar-refractivity contribution in [2.45, 2.75) is 101 Å². The van der Waals surface area contributed by atoms with Crippen molar-refractivity contribution < 1.29 is 44.1 Å². The number of carbonyl (C=O) groups is 6. The lowest BCUT2D eigenvalue weighted by Crippen LogP contribution is -2.58. The monoisotopic (exact) mass is 872 g/mol. The number of fused-ring (bicyclic) bond motifs is 1. The molecule has 0 radical (unpaired) electrons. The molecule has 330 valence electrons. The molecule has 3 aromatic rings. The fraction of sp³-hybridized carbons (Fsp3) is 0.512. The molecule has 0 fully saturated rings. The highest BCUT2D eigenvalue weighted by atomic mass is 33.1. The quantitative estimate of drug-likeness (QED) is 0.0257. The number of nitrogens with one attached hydrogen (secondary N) is 7. The first-order valence-electron chi connectivity index (χ1n) is 19.9. The number of benzene rings is 2. The van der Waals surface area contributed by atoms with E-state index in [1.807, 2.05) is 54.6 Å². The van der Waals surface area contributed by atoms with Gasteiger partial charge in [0, 0.05) is 47.9 Å². The average molecular weight is 873 g/mol. The third-order valence-electron chi connectivity index (χ3n) is 9.72. The fourth-order valence-electron chi connectivity index (χ4n) is 6.10. The molecule has 0 bridgehead atoms. The van der Waals surface area contributed by atoms with Gasteiger partial charge in [-0.3, -0.25) is 24.0 Å². The molecule has 0 aliphatic rings. The van der Waals surface area contributed by atoms with Crippen LogP contribution in [0.4, 0.5) is 0 Å². The van der Waals surface area contributed by atoms with Crippen molar-refractivity contribution in [1.29, 1.82) is 0 Å². The van der Waals surface area contributed by atoms with Gasteiger partial charge >= 0.3 is 0 Å². The van der Waals surface area contributed by atoms with Gasteiger partial charge in [-0.15, -0.1) is 0 Å². The summed E-state index contributed by atoms with van der Waals surface area (Å²) in [5, 5.41) is 46.4. The number of aromatic amines is 1. The number of H-pyrrole nitrogens is 1. The van der Waals surface area contributed by atoms with E-state index < -0.39 is 78.7 Å². The van der Waals surface area contributed by atoms with Crippen molar-refractivity contribution in [2.24, 2.45) is 5.73 Å². The second-order valence-corrected chi connectivity index (χ2v) is 17.1. The minimum Gasteiger partial charge on any atom is -0.394 e. The smallest absolute Gasteiger partial charge is 0.243 e. The Labute approximate surface area is 358 Å². The molecule has 60 heavy (non-hydrogen) atoms. The highest BCUT2D eigenvalue weighted by Crippen LogP contribution is 2.23. The molecule has 0 saturated heterocycles. The number of nitrogens with two attached hydrogens (primary N) is 1. The van der Waals surface area contributed by atoms with E-state index in [-0.39, 0.29) is 31.6 Å². The zero-order chi connectivity index (χ0) is 44.0. The highest BCUT2D eigenvalue weighted by Gasteiger charge is 2.32. The Kier molecular flexibility index (Phi) is 22.2. The molecule has 2 aromatic carbocycles. The van der Waals surface area contributed by atoms with Crippen LogP contribution in [0.15, 0.2) is 60.8 Å². The van der Waals surface area contributed by atoms with Gasteiger partial charge in [-0.1, -0.05) is 70.1 Å². The molecule has 12 N–H and O–H groups in total. The molecule has 0 saturated carbocycles. The van der Waals surface area contributed by atoms with E-state index in [4.69, 9.17) is 5.73 Å². The van der Waals surface area contributed by atoms with Crippen LogP contribution in [-0.2, 0) is 41.6 Å². The van der Waals surface area contributed by atoms with Crippen molar-refractivity contribution in [1.82, 2.24) is 36.9 Å². The van der Waals surface area contributed by atoms with E-state index in [9.17, 15) is 44.1 Å². The first-order valence-corrected chi connectivity index (χ1v) is 22.4. The Bertz CT molecular complexity index is 1820. The largest absolute Gasteiger partial charge is 0.394 e. The summed E-state index contributed by atoms with van der Waals surface area (Å²) in [5.74, 6) is -2.11. The molecule has 2 unspecified atom stereocenters. The van der Waals surface area contributed by atoms with E-state index in [1.54, 1.807) is 13.2 Å². The van der Waals surface area contributed by atoms with Gasteiger partial charge in [0.25, 0.3) is 0 Å². The van der Waals surface area contributed by atoms with Gasteiger partial charge in [0.15, 0.2) is 0 Å². The number of hydrogen-bond acceptors (Lipinski definition) is 13. The number of carbonyl (C=O) groups excluding carboxylic acids is 6. The maximum Gasteiger partial charge on any atom is 0.243 e. The van der Waals surface area contributed by atoms with Crippen LogP contribution in [0.2, 0.25) is 0 Å². The van der Waals surface area contributed by atoms with Gasteiger partial charge in [-0.25, -0.2) is 0 Å². The number of amides is 5. The molecule has 5 amide bonds. The summed E-state index contributed by atoms with van der Waals surface area (Å²) in [5.41, 5.74) is 7.98. The topological polar surface area (TPSA) is 277 Å². The maximum atomic E-state index is 14.2. The number of aliphatic hydroxyl groups is 3. The van der Waals surface area contributed by atoms with Crippen LogP contribution in [0, 0.1) is 0 Å². The van der Waals surface area contributed by atoms with Crippen LogP contribution >= 0.6 is 21.6 Å². The van der Waals surface area contributed by atoms with Crippen LogP contribution in [0.1, 0.15) is 50.7 Å². The lowest BCUT2D eigenvalue weighted by molar-refractivity contribution is -0.134. The van der Waals surface area contributed by atoms with E-state index >= 15 is 0 Å². The summed E-state index contributed by atoms with van der Waals surface area (Å²) in [4.78, 5) is 82.5. The number of hydrogen-bond donors (Lipinski definition) is 11. The van der Waals surface area contributed by atoms with Crippen LogP contribution in [0.25, 0.3) is 10.9 Å². The van der Waals surface area contributed by atoms with Crippen LogP contribution in [-0.4, -0.2) is 136 Å². The Balaban J connectivity index is 1.78. The molecule has 3 rings (SSSR count). The number of para-hydroxylation sites is 1. The highest BCUT2D eigenvalue weighted by molar-refractivity contribution is 8.76. The molecule has 0 aliphatic heterocycles. The number of likely N-dealkylation sites (N-methyl/N-ethyl adjacent to an activating group) is 1. The molecular weight excluding hydrogens is 813 g/mol. The Hall–Kier alpha value is -4.50. The molecular formula is C41H60N8O9S2. The van der Waals surface area contributed by atoms with Gasteiger partial charge in [0.1, 0.15) is 30.5 Å². The molecule has 1 heterocycles. The normalized spacial score (nSPS) is 15.3. The summed E-state index contributed by atoms with van der Waals surface area (Å²) in [6, 6.07) is 10.5. The van der Waals surface area contributed by atoms with Crippen LogP contribution in [0.3, 0.4) is 0 Å². The van der Waals surface area contributed by atoms with Gasteiger partial charge in [-0.2, -0.15) is 0 Å². The van der Waals surface area contributed by atoms with Gasteiger partial charge in [-0.05, 0) is 63.9 Å². The Morgan fingerprint density at radius 1 is 0.767 bits per heavy atom. The average Bonchev–Trinajstić information content (AvgIpc) is 3.64. The van der Waals surface area contributed by atoms with Crippen molar-refractivity contribution in [2.75, 3.05) is 31.7 Å². The number of unbranched alkanes of at least 4 members (excludes halogenated alkanes) is 1. The molecule has 8 atom stereocenters. The van der Waals surface area contributed by atoms with Crippen LogP contribution in [0.5, 0.6) is 0 Å². The lowest BCUT2D eigenvalue weighted by atomic mass is 10.0. The van der Waals surface area contributed by atoms with Crippen molar-refractivity contribution in [3.8, 4) is 0 Å². The maximum absolute atomic E-state index is 14.2. The fourth-order valence-corrected chi connectivity index (χ4v) is 8.33. The number of aliphatic hydroxyl groups excluding tert-OH is 3. The predicted octanol–water partition coefficient (Wildman–Crippen LogP) is -0.182. The second-order valence-electron chi connectivity index (χ2n) is 14.4. The van der Waals surface area contributed by atoms with Gasteiger partial charge in [0.2, 0.25) is 29.5 Å². The minimum atomic E-state index is -1.21. The van der Waals surface area contributed by atoms with E-state index in [2.05, 4.69) is 36.9 Å². The Morgan fingerprint density at radius 2 is 1.40 bits per heavy atom. The van der Waals surface area contributed by atoms with Gasteiger partial charge in [0.05, 0.1) is 30.9 Å². The Morgan fingerprint density at radius 3 is 2.03 bits per heavy atom. The molecule has 17 nitrogen and oxygen atoms in total. The summed E-state index contributed by atoms with van der Waals surface area (Å²) in [6.07, 6.45) is 1.41. The SMILES string of the molecule is CNC(CSSCCC(=O)N[C@@H](Cc1ccccc1)C(=O)N[C@H](Cc1c[nH]c2ccccc12)C(=O)N[C@@H](CCCCN)C(=O)NC(C=O)[C@@H](C)O)C(=O)N[C@H](CO)[C@@H](C)O. The van der Waals surface area contributed by atoms with Crippen molar-refractivity contribution in [3.05, 3.63) is 71.9 Å². The van der Waals surface area contributed by atoms with Crippen molar-refractivity contribution in [3.63, 3.8) is 0 Å². The predicted molar refractivity (Wildman–Crippen MR) is 234 cm³/mol. The number of aromatic nitrogens is 1. The van der Waals surface area contributed by atoms with Crippen LogP contribution < -0.4 is 37.6 Å². The molecule has 19 heteroatoms. The lowest BCUT2D eigenvalue weighted by Gasteiger charge is -2.26. The van der Waals surface area contributed by atoms with E-state index in [0.29, 0.717) is 37.2 Å². The summed E-state index contributed by atoms with van der Waals surface area (Å²) in [6.45, 7) is 2.77. The molecule has 1 aromatic heterocycles. The number of aldehydes is 1. The minimum absolute atomic E-state index is 0.0224. The van der Waals surface area contributed by atoms with Gasteiger partial charge < -0.3 is 62.7 Å². The summed E-state index contributed by atoms with van der Waals surface area (Å²) < 4.78 is 0. The van der Waals surface area contributed by atoms with E-state index in [0.717, 1.165) is 22.0 Å². The zero-order valence-corrected chi connectivity index (χ0v) is 35.9. The summed E-state index contributed by atoms with van der Waals surface area (Å²) >= 11 is 0. The van der Waals surface area contributed by atoms with E-state index in [1.165, 1.54) is 35.4 Å². The third kappa shape index (κ3) is 16.5. The molecule has 0 spiro atoms. The summed E-state index contributed by atoms with van der Waals surface area (Å²) in [7, 11) is 4.34. The first kappa shape index (κ1) is 49.9. The zero-order valence-electron chi connectivity index (χ0n) is 34.2. The first-order chi connectivity index (χ1) is 28.8. The number of rotatable bonds is 28. The third-order valence-corrected chi connectivity index (χ3v) is 12.1. The standard InChI is InChI=1S/C41H60N8O9S2/c1-25(52)34(22-50)48-38(55)31(15-9-10-17-42)46-40(57)33(20-28-21-44-30-14-8-7-13-29(28)30)47-39(56)32(19-27-11-5-4-6-12-27)45-37(54)16-18-59-60-24-36(43-3)41(58)49-35(23-51)26(2)53/h4-8,11-14,21-22,25-26,31-36,43-44,51-53H,9-10,15-20,23-24,42H2,1-3H3,(H,45,54)(H,46,57)(H,47,56)(H,48,55)(H,49,58)/t25-,26-,31+,32+,33-,34?,35-,36?/m1/s1.